The van der Waals surface area contributed by atoms with Crippen molar-refractivity contribution in [3.8, 4) is 0 Å². The third-order valence-corrected chi connectivity index (χ3v) is 3.66. The van der Waals surface area contributed by atoms with Gasteiger partial charge in [-0.3, -0.25) is 0 Å². The molecule has 2 rings (SSSR count). The van der Waals surface area contributed by atoms with E-state index >= 15 is 0 Å². The van der Waals surface area contributed by atoms with Crippen LogP contribution in [0.1, 0.15) is 43.9 Å². The lowest BCUT2D eigenvalue weighted by Gasteiger charge is -2.23. The van der Waals surface area contributed by atoms with Crippen LogP contribution in [0.4, 0.5) is 0 Å². The maximum atomic E-state index is 5.45. The fraction of sp³-hybridized carbons (Fsp3) is 0.625. The molecule has 0 radical (unpaired) electrons. The molecule has 0 aliphatic carbocycles. The first-order valence-electron chi connectivity index (χ1n) is 6.64. The molecule has 1 nitrogen and oxygen atoms in total. The van der Waals surface area contributed by atoms with Crippen LogP contribution in [0.2, 0.25) is 0 Å². The Morgan fingerprint density at radius 3 is 2.65 bits per heavy atom. The third kappa shape index (κ3) is 3.10. The molecule has 1 aliphatic heterocycles. The Balaban J connectivity index is 2.18. The van der Waals surface area contributed by atoms with Crippen LogP contribution in [0.3, 0.4) is 0 Å². The second-order valence-corrected chi connectivity index (χ2v) is 6.33. The summed E-state index contributed by atoms with van der Waals surface area (Å²) in [5.41, 5.74) is 4.60. The predicted molar refractivity (Wildman–Crippen MR) is 72.5 cm³/mol. The first-order chi connectivity index (χ1) is 7.97. The van der Waals surface area contributed by atoms with Crippen molar-refractivity contribution in [2.45, 2.75) is 46.0 Å². The van der Waals surface area contributed by atoms with Gasteiger partial charge in [-0.25, -0.2) is 0 Å². The number of hydrogen-bond donors (Lipinski definition) is 0. The van der Waals surface area contributed by atoms with Crippen molar-refractivity contribution in [3.05, 3.63) is 34.9 Å². The Morgan fingerprint density at radius 1 is 1.29 bits per heavy atom. The lowest BCUT2D eigenvalue weighted by atomic mass is 9.82. The first kappa shape index (κ1) is 12.6. The van der Waals surface area contributed by atoms with Gasteiger partial charge in [-0.1, -0.05) is 39.0 Å². The second kappa shape index (κ2) is 4.81. The topological polar surface area (TPSA) is 9.23 Å². The molecule has 1 aromatic carbocycles. The summed E-state index contributed by atoms with van der Waals surface area (Å²) < 4.78 is 5.45. The lowest BCUT2D eigenvalue weighted by Crippen LogP contribution is -2.14. The van der Waals surface area contributed by atoms with E-state index < -0.39 is 0 Å². The Bertz CT molecular complexity index is 381. The molecule has 17 heavy (non-hydrogen) atoms. The zero-order valence-corrected chi connectivity index (χ0v) is 11.5. The minimum Gasteiger partial charge on any atom is -0.381 e. The van der Waals surface area contributed by atoms with Crippen molar-refractivity contribution in [1.82, 2.24) is 0 Å². The van der Waals surface area contributed by atoms with E-state index in [2.05, 4.69) is 45.9 Å². The third-order valence-electron chi connectivity index (χ3n) is 3.66. The van der Waals surface area contributed by atoms with Crippen LogP contribution in [0, 0.1) is 12.8 Å². The maximum Gasteiger partial charge on any atom is 0.0498 e. The average molecular weight is 232 g/mol. The number of aryl methyl sites for hydroxylation is 1. The van der Waals surface area contributed by atoms with E-state index in [1.54, 1.807) is 0 Å². The Labute approximate surface area is 105 Å². The van der Waals surface area contributed by atoms with Crippen LogP contribution >= 0.6 is 0 Å². The van der Waals surface area contributed by atoms with Gasteiger partial charge in [-0.15, -0.1) is 0 Å². The van der Waals surface area contributed by atoms with E-state index in [0.29, 0.717) is 0 Å². The van der Waals surface area contributed by atoms with Crippen molar-refractivity contribution in [1.29, 1.82) is 0 Å². The molecule has 1 fully saturated rings. The van der Waals surface area contributed by atoms with Crippen LogP contribution in [0.25, 0.3) is 0 Å². The van der Waals surface area contributed by atoms with Crippen LogP contribution in [0.15, 0.2) is 18.2 Å². The summed E-state index contributed by atoms with van der Waals surface area (Å²) in [7, 11) is 0. The summed E-state index contributed by atoms with van der Waals surface area (Å²) in [6.07, 6.45) is 2.39. The van der Waals surface area contributed by atoms with E-state index in [1.807, 2.05) is 0 Å². The monoisotopic (exact) mass is 232 g/mol. The van der Waals surface area contributed by atoms with Gasteiger partial charge >= 0.3 is 0 Å². The molecule has 1 aliphatic rings. The predicted octanol–water partition coefficient (Wildman–Crippen LogP) is 3.87. The van der Waals surface area contributed by atoms with Crippen molar-refractivity contribution in [2.24, 2.45) is 5.92 Å². The van der Waals surface area contributed by atoms with Gasteiger partial charge < -0.3 is 4.74 Å². The quantitative estimate of drug-likeness (QED) is 0.752. The molecule has 0 aromatic heterocycles. The van der Waals surface area contributed by atoms with Crippen molar-refractivity contribution in [2.75, 3.05) is 13.2 Å². The smallest absolute Gasteiger partial charge is 0.0498 e. The van der Waals surface area contributed by atoms with Gasteiger partial charge in [0.25, 0.3) is 0 Å². The zero-order chi connectivity index (χ0) is 12.5. The molecular formula is C16H24O. The molecule has 94 valence electrons. The first-order valence-corrected chi connectivity index (χ1v) is 6.64. The van der Waals surface area contributed by atoms with Gasteiger partial charge in [0.2, 0.25) is 0 Å². The van der Waals surface area contributed by atoms with Gasteiger partial charge in [0, 0.05) is 13.2 Å². The highest BCUT2D eigenvalue weighted by atomic mass is 16.5. The highest BCUT2D eigenvalue weighted by molar-refractivity contribution is 5.36. The largest absolute Gasteiger partial charge is 0.381 e. The van der Waals surface area contributed by atoms with E-state index in [9.17, 15) is 0 Å². The minimum absolute atomic E-state index is 0.242. The van der Waals surface area contributed by atoms with Gasteiger partial charge in [0.05, 0.1) is 0 Å². The SMILES string of the molecule is Cc1ccc(CC2CCOC2)cc1C(C)(C)C. The van der Waals surface area contributed by atoms with Gasteiger partial charge in [-0.2, -0.15) is 0 Å². The normalized spacial score (nSPS) is 20.8. The molecule has 1 unspecified atom stereocenters. The number of rotatable bonds is 2. The fourth-order valence-corrected chi connectivity index (χ4v) is 2.68. The Kier molecular flexibility index (Phi) is 3.58. The molecule has 1 atom stereocenters. The summed E-state index contributed by atoms with van der Waals surface area (Å²) >= 11 is 0. The molecular weight excluding hydrogens is 208 g/mol. The highest BCUT2D eigenvalue weighted by Crippen LogP contribution is 2.28. The van der Waals surface area contributed by atoms with Gasteiger partial charge in [0.15, 0.2) is 0 Å². The minimum atomic E-state index is 0.242. The van der Waals surface area contributed by atoms with E-state index in [0.717, 1.165) is 19.1 Å². The molecule has 1 heterocycles. The zero-order valence-electron chi connectivity index (χ0n) is 11.5. The number of hydrogen-bond acceptors (Lipinski definition) is 1. The lowest BCUT2D eigenvalue weighted by molar-refractivity contribution is 0.186. The molecule has 0 bridgehead atoms. The maximum absolute atomic E-state index is 5.45. The van der Waals surface area contributed by atoms with Crippen LogP contribution in [0.5, 0.6) is 0 Å². The van der Waals surface area contributed by atoms with E-state index in [1.165, 1.54) is 29.5 Å². The number of ether oxygens (including phenoxy) is 1. The van der Waals surface area contributed by atoms with Crippen molar-refractivity contribution >= 4 is 0 Å². The summed E-state index contributed by atoms with van der Waals surface area (Å²) in [4.78, 5) is 0. The number of benzene rings is 1. The molecule has 1 heteroatoms. The second-order valence-electron chi connectivity index (χ2n) is 6.33. The summed E-state index contributed by atoms with van der Waals surface area (Å²) in [5, 5.41) is 0. The molecule has 0 N–H and O–H groups in total. The Morgan fingerprint density at radius 2 is 2.06 bits per heavy atom. The van der Waals surface area contributed by atoms with Crippen molar-refractivity contribution < 1.29 is 4.74 Å². The van der Waals surface area contributed by atoms with Gasteiger partial charge in [-0.05, 0) is 47.8 Å². The summed E-state index contributed by atoms with van der Waals surface area (Å²) in [6, 6.07) is 6.95. The average Bonchev–Trinajstić information content (AvgIpc) is 2.72. The summed E-state index contributed by atoms with van der Waals surface area (Å²) in [5.74, 6) is 0.727. The van der Waals surface area contributed by atoms with Crippen LogP contribution in [-0.2, 0) is 16.6 Å². The molecule has 1 aromatic rings. The molecule has 0 saturated carbocycles. The van der Waals surface area contributed by atoms with Crippen molar-refractivity contribution in [3.63, 3.8) is 0 Å². The highest BCUT2D eigenvalue weighted by Gasteiger charge is 2.19. The fourth-order valence-electron chi connectivity index (χ4n) is 2.68. The standard InChI is InChI=1S/C16H24O/c1-12-5-6-13(9-14-7-8-17-11-14)10-15(12)16(2,3)4/h5-6,10,14H,7-9,11H2,1-4H3. The van der Waals surface area contributed by atoms with E-state index in [-0.39, 0.29) is 5.41 Å². The van der Waals surface area contributed by atoms with E-state index in [4.69, 9.17) is 4.74 Å². The Hall–Kier alpha value is -0.820. The summed E-state index contributed by atoms with van der Waals surface area (Å²) in [6.45, 7) is 11.0. The van der Waals surface area contributed by atoms with Crippen LogP contribution in [-0.4, -0.2) is 13.2 Å². The molecule has 0 spiro atoms. The van der Waals surface area contributed by atoms with Crippen LogP contribution < -0.4 is 0 Å². The van der Waals surface area contributed by atoms with Gasteiger partial charge in [0.1, 0.15) is 0 Å². The molecule has 1 saturated heterocycles. The molecule has 0 amide bonds.